The van der Waals surface area contributed by atoms with Crippen molar-refractivity contribution >= 4 is 34.1 Å². The summed E-state index contributed by atoms with van der Waals surface area (Å²) in [5, 5.41) is 0. The van der Waals surface area contributed by atoms with Crippen LogP contribution in [0.4, 0.5) is 34.1 Å². The third-order valence-corrected chi connectivity index (χ3v) is 13.5. The number of anilines is 6. The van der Waals surface area contributed by atoms with Crippen molar-refractivity contribution in [3.63, 3.8) is 0 Å². The Labute approximate surface area is 336 Å². The fraction of sp³-hybridized carbons (Fsp3) is 0.333. The summed E-state index contributed by atoms with van der Waals surface area (Å²) in [6, 6.07) is 59.9. The number of hydrogen-bond acceptors (Lipinski definition) is 2. The fourth-order valence-corrected chi connectivity index (χ4v) is 10.5. The fourth-order valence-electron chi connectivity index (χ4n) is 10.5. The van der Waals surface area contributed by atoms with Gasteiger partial charge in [0.05, 0.1) is 0 Å². The van der Waals surface area contributed by atoms with E-state index in [1.807, 2.05) is 0 Å². The lowest BCUT2D eigenvalue weighted by Gasteiger charge is -2.39. The van der Waals surface area contributed by atoms with Gasteiger partial charge in [0, 0.05) is 39.5 Å². The Kier molecular flexibility index (Phi) is 11.1. The predicted octanol–water partition coefficient (Wildman–Crippen LogP) is 16.0. The van der Waals surface area contributed by atoms with Crippen LogP contribution in [0.25, 0.3) is 0 Å². The van der Waals surface area contributed by atoms with Crippen molar-refractivity contribution < 1.29 is 0 Å². The molecule has 3 saturated carbocycles. The van der Waals surface area contributed by atoms with Gasteiger partial charge in [-0.2, -0.15) is 0 Å². The van der Waals surface area contributed by atoms with E-state index in [0.29, 0.717) is 11.8 Å². The van der Waals surface area contributed by atoms with Crippen LogP contribution in [0.2, 0.25) is 0 Å². The number of hydrogen-bond donors (Lipinski definition) is 0. The van der Waals surface area contributed by atoms with Crippen molar-refractivity contribution in [1.29, 1.82) is 0 Å². The Hall–Kier alpha value is -5.08. The molecule has 56 heavy (non-hydrogen) atoms. The highest BCUT2D eigenvalue weighted by molar-refractivity contribution is 5.78. The Morgan fingerprint density at radius 1 is 0.304 bits per heavy atom. The van der Waals surface area contributed by atoms with Crippen molar-refractivity contribution in [2.75, 3.05) is 9.80 Å². The van der Waals surface area contributed by atoms with Gasteiger partial charge in [-0.05, 0) is 145 Å². The second kappa shape index (κ2) is 17.0. The summed E-state index contributed by atoms with van der Waals surface area (Å²) in [5.74, 6) is 1.42. The molecule has 3 aliphatic carbocycles. The number of benzene rings is 6. The second-order valence-corrected chi connectivity index (χ2v) is 16.9. The average Bonchev–Trinajstić information content (AvgIpc) is 3.29. The van der Waals surface area contributed by atoms with E-state index in [9.17, 15) is 0 Å². The molecule has 0 atom stereocenters. The predicted molar refractivity (Wildman–Crippen MR) is 238 cm³/mol. The van der Waals surface area contributed by atoms with Crippen LogP contribution in [-0.4, -0.2) is 0 Å². The Morgan fingerprint density at radius 2 is 0.607 bits per heavy atom. The van der Waals surface area contributed by atoms with Crippen LogP contribution in [0, 0.1) is 0 Å². The second-order valence-electron chi connectivity index (χ2n) is 16.9. The first kappa shape index (κ1) is 36.6. The lowest BCUT2D eigenvalue weighted by atomic mass is 9.65. The number of nitrogens with zero attached hydrogens (tertiary/aromatic N) is 2. The lowest BCUT2D eigenvalue weighted by molar-refractivity contribution is 0.346. The molecular weight excluding hydrogens is 677 g/mol. The summed E-state index contributed by atoms with van der Waals surface area (Å²) < 4.78 is 0. The number of rotatable bonds is 10. The Balaban J connectivity index is 1.02. The van der Waals surface area contributed by atoms with Crippen molar-refractivity contribution in [1.82, 2.24) is 0 Å². The van der Waals surface area contributed by atoms with Crippen LogP contribution in [0.1, 0.15) is 130 Å². The smallest absolute Gasteiger partial charge is 0.0461 e. The topological polar surface area (TPSA) is 6.48 Å². The molecule has 0 aliphatic heterocycles. The summed E-state index contributed by atoms with van der Waals surface area (Å²) in [6.45, 7) is 0. The van der Waals surface area contributed by atoms with E-state index in [-0.39, 0.29) is 5.41 Å². The molecule has 9 rings (SSSR count). The molecule has 6 aromatic rings. The van der Waals surface area contributed by atoms with Crippen molar-refractivity contribution in [2.24, 2.45) is 0 Å². The lowest BCUT2D eigenvalue weighted by Crippen LogP contribution is -2.30. The zero-order valence-electron chi connectivity index (χ0n) is 33.2. The van der Waals surface area contributed by atoms with Gasteiger partial charge in [-0.3, -0.25) is 0 Å². The third kappa shape index (κ3) is 7.68. The molecular formula is C54H58N2. The van der Waals surface area contributed by atoms with Gasteiger partial charge in [0.1, 0.15) is 0 Å². The zero-order chi connectivity index (χ0) is 37.6. The van der Waals surface area contributed by atoms with Crippen molar-refractivity contribution in [3.05, 3.63) is 180 Å². The van der Waals surface area contributed by atoms with E-state index in [4.69, 9.17) is 0 Å². The van der Waals surface area contributed by atoms with Gasteiger partial charge >= 0.3 is 0 Å². The van der Waals surface area contributed by atoms with Crippen LogP contribution in [0.5, 0.6) is 0 Å². The minimum Gasteiger partial charge on any atom is -0.311 e. The van der Waals surface area contributed by atoms with Crippen LogP contribution in [0.15, 0.2) is 158 Å². The molecule has 3 aliphatic rings. The van der Waals surface area contributed by atoms with Gasteiger partial charge in [0.25, 0.3) is 0 Å². The highest BCUT2D eigenvalue weighted by Crippen LogP contribution is 2.47. The summed E-state index contributed by atoms with van der Waals surface area (Å²) in [4.78, 5) is 4.85. The van der Waals surface area contributed by atoms with E-state index in [2.05, 4.69) is 168 Å². The zero-order valence-corrected chi connectivity index (χ0v) is 33.2. The number of para-hydroxylation sites is 2. The minimum absolute atomic E-state index is 0.00769. The van der Waals surface area contributed by atoms with E-state index in [1.54, 1.807) is 0 Å². The largest absolute Gasteiger partial charge is 0.311 e. The van der Waals surface area contributed by atoms with Gasteiger partial charge < -0.3 is 9.80 Å². The summed E-state index contributed by atoms with van der Waals surface area (Å²) in [7, 11) is 0. The van der Waals surface area contributed by atoms with Crippen LogP contribution >= 0.6 is 0 Å². The maximum absolute atomic E-state index is 2.44. The van der Waals surface area contributed by atoms with Gasteiger partial charge in [-0.15, -0.1) is 0 Å². The monoisotopic (exact) mass is 734 g/mol. The van der Waals surface area contributed by atoms with Crippen LogP contribution < -0.4 is 9.80 Å². The molecule has 2 nitrogen and oxygen atoms in total. The highest BCUT2D eigenvalue weighted by Gasteiger charge is 2.36. The average molecular weight is 735 g/mol. The van der Waals surface area contributed by atoms with Crippen molar-refractivity contribution in [2.45, 2.75) is 114 Å². The molecule has 284 valence electrons. The molecule has 6 aromatic carbocycles. The van der Waals surface area contributed by atoms with Gasteiger partial charge in [0.2, 0.25) is 0 Å². The van der Waals surface area contributed by atoms with Crippen LogP contribution in [-0.2, 0) is 5.41 Å². The molecule has 0 N–H and O–H groups in total. The molecule has 0 bridgehead atoms. The molecule has 0 amide bonds. The van der Waals surface area contributed by atoms with Gasteiger partial charge in [-0.1, -0.05) is 143 Å². The SMILES string of the molecule is c1ccc(N(c2ccc(C3CCCCC3)cc2)c2ccc(C3(c4ccc(N(c5ccccc5)c5ccc(C6CCCCC6)cc5)cc4)CCCCC3)cc2)cc1. The van der Waals surface area contributed by atoms with E-state index in [1.165, 1.54) is 153 Å². The maximum atomic E-state index is 2.44. The summed E-state index contributed by atoms with van der Waals surface area (Å²) in [5.41, 5.74) is 13.1. The molecule has 0 radical (unpaired) electrons. The normalized spacial score (nSPS) is 17.6. The molecule has 0 spiro atoms. The molecule has 0 unspecified atom stereocenters. The first-order valence-corrected chi connectivity index (χ1v) is 21.9. The summed E-state index contributed by atoms with van der Waals surface area (Å²) in [6.07, 6.45) is 19.7. The van der Waals surface area contributed by atoms with E-state index in [0.717, 1.165) is 0 Å². The molecule has 0 heterocycles. The maximum Gasteiger partial charge on any atom is 0.0461 e. The van der Waals surface area contributed by atoms with Gasteiger partial charge in [0.15, 0.2) is 0 Å². The van der Waals surface area contributed by atoms with Crippen molar-refractivity contribution in [3.8, 4) is 0 Å². The first-order valence-electron chi connectivity index (χ1n) is 21.9. The van der Waals surface area contributed by atoms with E-state index < -0.39 is 0 Å². The van der Waals surface area contributed by atoms with Gasteiger partial charge in [-0.25, -0.2) is 0 Å². The molecule has 0 aromatic heterocycles. The quantitative estimate of drug-likeness (QED) is 0.138. The third-order valence-electron chi connectivity index (χ3n) is 13.5. The minimum atomic E-state index is 0.00769. The molecule has 2 heteroatoms. The molecule has 0 saturated heterocycles. The standard InChI is InChI=1S/C54H58N2/c1-6-16-42(17-7-1)44-24-32-50(33-25-44)55(48-20-10-3-11-21-48)52-36-28-46(29-37-52)54(40-14-5-15-41-54)47-30-38-53(39-31-47)56(49-22-12-4-13-23-49)51-34-26-45(27-35-51)43-18-8-2-9-19-43/h3-4,10-13,20-39,42-43H,1-2,5-9,14-19,40-41H2. The Bertz CT molecular complexity index is 1950. The Morgan fingerprint density at radius 3 is 0.964 bits per heavy atom. The van der Waals surface area contributed by atoms with E-state index >= 15 is 0 Å². The highest BCUT2D eigenvalue weighted by atomic mass is 15.1. The summed E-state index contributed by atoms with van der Waals surface area (Å²) >= 11 is 0. The first-order chi connectivity index (χ1) is 27.7. The van der Waals surface area contributed by atoms with Crippen LogP contribution in [0.3, 0.4) is 0 Å². The molecule has 3 fully saturated rings.